The van der Waals surface area contributed by atoms with Crippen molar-refractivity contribution in [1.82, 2.24) is 4.48 Å². The molecule has 6 nitrogen and oxygen atoms in total. The number of quaternary nitrogens is 1. The number of hydrogen-bond acceptors (Lipinski definition) is 3. The van der Waals surface area contributed by atoms with Crippen molar-refractivity contribution in [2.75, 3.05) is 19.0 Å². The average Bonchev–Trinajstić information content (AvgIpc) is 3.02. The molecule has 0 aliphatic heterocycles. The van der Waals surface area contributed by atoms with E-state index in [1.807, 2.05) is 25.1 Å². The van der Waals surface area contributed by atoms with Crippen LogP contribution in [0.4, 0.5) is 22.7 Å². The van der Waals surface area contributed by atoms with Gasteiger partial charge in [0.2, 0.25) is 0 Å². The maximum atomic E-state index is 13.6. The van der Waals surface area contributed by atoms with E-state index in [1.54, 1.807) is 12.1 Å². The molecule has 0 spiro atoms. The smallest absolute Gasteiger partial charge is 0.303 e. The maximum Gasteiger partial charge on any atom is 0.303 e. The van der Waals surface area contributed by atoms with Crippen LogP contribution < -0.4 is 14.5 Å². The number of carbonyl (C=O) groups is 2. The first-order valence-corrected chi connectivity index (χ1v) is 15.6. The molecule has 4 aromatic rings. The van der Waals surface area contributed by atoms with Gasteiger partial charge in [-0.25, -0.2) is 4.48 Å². The highest BCUT2D eigenvalue weighted by molar-refractivity contribution is 6.06. The Hall–Kier alpha value is -4.42. The molecule has 0 aliphatic rings. The van der Waals surface area contributed by atoms with Crippen LogP contribution in [0.5, 0.6) is 5.75 Å². The number of aliphatic carboxylic acids is 1. The molecular weight excluding hydrogens is 548 g/mol. The second-order valence-corrected chi connectivity index (χ2v) is 11.5. The van der Waals surface area contributed by atoms with Gasteiger partial charge in [-0.05, 0) is 68.0 Å². The predicted molar refractivity (Wildman–Crippen MR) is 181 cm³/mol. The average molecular weight is 594 g/mol. The first-order valence-electron chi connectivity index (χ1n) is 15.6. The summed E-state index contributed by atoms with van der Waals surface area (Å²) in [6.45, 7) is 8.74. The fourth-order valence-electron chi connectivity index (χ4n) is 5.75. The van der Waals surface area contributed by atoms with Gasteiger partial charge in [0.1, 0.15) is 22.8 Å². The molecule has 230 valence electrons. The van der Waals surface area contributed by atoms with Crippen LogP contribution in [0.2, 0.25) is 0 Å². The lowest BCUT2D eigenvalue weighted by Crippen LogP contribution is -2.35. The fourth-order valence-corrected chi connectivity index (χ4v) is 5.75. The van der Waals surface area contributed by atoms with E-state index in [4.69, 9.17) is 9.84 Å². The molecule has 0 unspecified atom stereocenters. The molecule has 0 bridgehead atoms. The predicted octanol–water partition coefficient (Wildman–Crippen LogP) is 9.30. The minimum atomic E-state index is -0.860. The van der Waals surface area contributed by atoms with E-state index in [-0.39, 0.29) is 18.9 Å². The molecule has 0 radical (unpaired) electrons. The van der Waals surface area contributed by atoms with Crippen LogP contribution in [-0.2, 0) is 17.6 Å². The normalized spacial score (nSPS) is 11.3. The first kappa shape index (κ1) is 32.5. The van der Waals surface area contributed by atoms with Crippen molar-refractivity contribution in [3.63, 3.8) is 0 Å². The summed E-state index contributed by atoms with van der Waals surface area (Å²) in [7, 11) is 2.23. The Balaban J connectivity index is 1.69. The van der Waals surface area contributed by atoms with Gasteiger partial charge in [0, 0.05) is 47.9 Å². The van der Waals surface area contributed by atoms with Gasteiger partial charge in [-0.1, -0.05) is 63.1 Å². The topological polar surface area (TPSA) is 75.6 Å². The Labute approximate surface area is 261 Å². The molecule has 0 saturated carbocycles. The molecule has 44 heavy (non-hydrogen) atoms. The second kappa shape index (κ2) is 14.8. The molecule has 0 heterocycles. The van der Waals surface area contributed by atoms with Gasteiger partial charge >= 0.3 is 5.97 Å². The Morgan fingerprint density at radius 1 is 0.773 bits per heavy atom. The van der Waals surface area contributed by atoms with Crippen LogP contribution >= 0.6 is 0 Å². The van der Waals surface area contributed by atoms with Gasteiger partial charge in [0.25, 0.3) is 5.91 Å². The molecule has 0 aromatic heterocycles. The monoisotopic (exact) mass is 593 g/mol. The van der Waals surface area contributed by atoms with Crippen molar-refractivity contribution in [1.29, 1.82) is 0 Å². The summed E-state index contributed by atoms with van der Waals surface area (Å²) >= 11 is 0. The third kappa shape index (κ3) is 7.37. The molecule has 0 saturated heterocycles. The molecule has 1 amide bonds. The Bertz CT molecular complexity index is 1530. The number of nitrogens with one attached hydrogen (secondary N) is 1. The van der Waals surface area contributed by atoms with Gasteiger partial charge in [-0.2, -0.15) is 0 Å². The number of hydrogen-bond donors (Lipinski definition) is 2. The SMILES string of the molecule is CCCc1ccc([N+](C)(c2ccc(CCC)cc2)c2ccc(C(=O)Nc3ccccc3OCCCC(=O)O)c(C)c2C)cc1. The summed E-state index contributed by atoms with van der Waals surface area (Å²) < 4.78 is 6.28. The van der Waals surface area contributed by atoms with E-state index in [0.717, 1.165) is 53.9 Å². The number of benzene rings is 4. The van der Waals surface area contributed by atoms with E-state index < -0.39 is 5.97 Å². The van der Waals surface area contributed by atoms with Crippen molar-refractivity contribution in [3.05, 3.63) is 113 Å². The Morgan fingerprint density at radius 2 is 1.34 bits per heavy atom. The van der Waals surface area contributed by atoms with Crippen LogP contribution in [0, 0.1) is 13.8 Å². The molecule has 4 aromatic carbocycles. The number of para-hydroxylation sites is 2. The number of carboxylic acid groups (broad SMARTS) is 1. The number of anilines is 1. The second-order valence-electron chi connectivity index (χ2n) is 11.5. The minimum absolute atomic E-state index is 0.0303. The lowest BCUT2D eigenvalue weighted by Gasteiger charge is -2.35. The van der Waals surface area contributed by atoms with E-state index >= 15 is 0 Å². The fraction of sp³-hybridized carbons (Fsp3) is 0.316. The van der Waals surface area contributed by atoms with E-state index in [9.17, 15) is 9.59 Å². The lowest BCUT2D eigenvalue weighted by atomic mass is 9.97. The van der Waals surface area contributed by atoms with Gasteiger partial charge < -0.3 is 15.2 Å². The van der Waals surface area contributed by atoms with Crippen molar-refractivity contribution >= 4 is 34.6 Å². The summed E-state index contributed by atoms with van der Waals surface area (Å²) in [6, 6.07) is 29.1. The zero-order chi connectivity index (χ0) is 31.7. The number of carboxylic acids is 1. The number of ether oxygens (including phenoxy) is 1. The van der Waals surface area contributed by atoms with Crippen LogP contribution in [-0.4, -0.2) is 30.6 Å². The summed E-state index contributed by atoms with van der Waals surface area (Å²) in [5, 5.41) is 11.9. The van der Waals surface area contributed by atoms with Crippen molar-refractivity contribution in [3.8, 4) is 5.75 Å². The van der Waals surface area contributed by atoms with E-state index in [1.165, 1.54) is 11.1 Å². The largest absolute Gasteiger partial charge is 0.491 e. The van der Waals surface area contributed by atoms with Gasteiger partial charge in [0.05, 0.1) is 19.3 Å². The highest BCUT2D eigenvalue weighted by Crippen LogP contribution is 2.45. The number of aryl methyl sites for hydroxylation is 2. The Kier molecular flexibility index (Phi) is 11.0. The molecule has 2 N–H and O–H groups in total. The highest BCUT2D eigenvalue weighted by Gasteiger charge is 2.34. The van der Waals surface area contributed by atoms with Crippen molar-refractivity contribution in [2.24, 2.45) is 0 Å². The summed E-state index contributed by atoms with van der Waals surface area (Å²) in [6.07, 6.45) is 4.73. The van der Waals surface area contributed by atoms with Crippen molar-refractivity contribution in [2.45, 2.75) is 66.2 Å². The molecule has 0 aliphatic carbocycles. The lowest BCUT2D eigenvalue weighted by molar-refractivity contribution is -0.137. The highest BCUT2D eigenvalue weighted by atomic mass is 16.5. The van der Waals surface area contributed by atoms with Gasteiger partial charge in [-0.3, -0.25) is 9.59 Å². The standard InChI is InChI=1S/C38H44N2O4/c1-6-11-29-16-20-31(21-17-29)40(5,32-22-18-30(12-7-2)19-23-32)35-25-24-33(27(3)28(35)4)38(43)39-34-13-8-9-14-36(34)44-26-10-15-37(41)42/h8-9,13-14,16-25H,6-7,10-12,15,26H2,1-5H3,(H-,39,41,42,43)/p+1. The number of amides is 1. The molecule has 6 heteroatoms. The van der Waals surface area contributed by atoms with Gasteiger partial charge in [0.15, 0.2) is 0 Å². The summed E-state index contributed by atoms with van der Waals surface area (Å²) in [5.41, 5.74) is 9.17. The molecule has 0 atom stereocenters. The minimum Gasteiger partial charge on any atom is -0.491 e. The third-order valence-corrected chi connectivity index (χ3v) is 8.40. The van der Waals surface area contributed by atoms with E-state index in [2.05, 4.69) is 87.7 Å². The molecule has 4 rings (SSSR count). The first-order chi connectivity index (χ1) is 21.2. The van der Waals surface area contributed by atoms with Crippen molar-refractivity contribution < 1.29 is 19.4 Å². The summed E-state index contributed by atoms with van der Waals surface area (Å²) in [5.74, 6) is -0.568. The Morgan fingerprint density at radius 3 is 1.89 bits per heavy atom. The molecule has 0 fully saturated rings. The maximum absolute atomic E-state index is 13.6. The van der Waals surface area contributed by atoms with Crippen LogP contribution in [0.15, 0.2) is 84.9 Å². The number of carbonyl (C=O) groups excluding carboxylic acids is 1. The van der Waals surface area contributed by atoms with Crippen LogP contribution in [0.1, 0.15) is 72.1 Å². The van der Waals surface area contributed by atoms with Gasteiger partial charge in [-0.15, -0.1) is 0 Å². The van der Waals surface area contributed by atoms with E-state index in [0.29, 0.717) is 27.9 Å². The van der Waals surface area contributed by atoms with Crippen LogP contribution in [0.3, 0.4) is 0 Å². The summed E-state index contributed by atoms with van der Waals surface area (Å²) in [4.78, 5) is 24.5. The zero-order valence-corrected chi connectivity index (χ0v) is 26.7. The van der Waals surface area contributed by atoms with Crippen LogP contribution in [0.25, 0.3) is 0 Å². The number of rotatable bonds is 14. The number of nitrogens with zero attached hydrogens (tertiary/aromatic N) is 1. The zero-order valence-electron chi connectivity index (χ0n) is 26.7. The quantitative estimate of drug-likeness (QED) is 0.113. The third-order valence-electron chi connectivity index (χ3n) is 8.40. The molecular formula is C38H45N2O4+.